The summed E-state index contributed by atoms with van der Waals surface area (Å²) in [5, 5.41) is 0.550. The summed E-state index contributed by atoms with van der Waals surface area (Å²) in [4.78, 5) is 12.4. The van der Waals surface area contributed by atoms with E-state index >= 15 is 0 Å². The van der Waals surface area contributed by atoms with E-state index in [0.717, 1.165) is 0 Å². The fourth-order valence-electron chi connectivity index (χ4n) is 2.62. The smallest absolute Gasteiger partial charge is 0.202 e. The summed E-state index contributed by atoms with van der Waals surface area (Å²) >= 11 is 0. The maximum absolute atomic E-state index is 13.2. The third kappa shape index (κ3) is 2.14. The maximum atomic E-state index is 13.2. The number of halogens is 1. The highest BCUT2D eigenvalue weighted by atomic mass is 32.2. The van der Waals surface area contributed by atoms with Crippen molar-refractivity contribution in [3.63, 3.8) is 0 Å². The predicted octanol–water partition coefficient (Wildman–Crippen LogP) is 2.50. The van der Waals surface area contributed by atoms with E-state index < -0.39 is 21.6 Å². The van der Waals surface area contributed by atoms with E-state index in [1.165, 1.54) is 18.2 Å². The minimum atomic E-state index is -3.12. The van der Waals surface area contributed by atoms with Crippen molar-refractivity contribution in [1.82, 2.24) is 0 Å². The molecule has 2 aromatic rings. The van der Waals surface area contributed by atoms with Crippen molar-refractivity contribution in [2.24, 2.45) is 5.92 Å². The standard InChI is InChI=1S/C14H13FO4S/c1-8-11-6-10(15)2-3-12(11)19-14(8)13(16)9-4-5-20(17,18)7-9/h2-3,6,9H,4-5,7H2,1H3. The molecule has 3 rings (SSSR count). The van der Waals surface area contributed by atoms with Crippen molar-refractivity contribution in [3.05, 3.63) is 35.3 Å². The number of sulfone groups is 1. The van der Waals surface area contributed by atoms with E-state index in [0.29, 0.717) is 23.0 Å². The van der Waals surface area contributed by atoms with Crippen LogP contribution in [0.25, 0.3) is 11.0 Å². The van der Waals surface area contributed by atoms with Crippen LogP contribution in [0.2, 0.25) is 0 Å². The first-order valence-electron chi connectivity index (χ1n) is 6.31. The largest absolute Gasteiger partial charge is 0.453 e. The van der Waals surface area contributed by atoms with E-state index in [9.17, 15) is 17.6 Å². The number of carbonyl (C=O) groups is 1. The summed E-state index contributed by atoms with van der Waals surface area (Å²) in [5.41, 5.74) is 1.00. The Labute approximate surface area is 115 Å². The summed E-state index contributed by atoms with van der Waals surface area (Å²) < 4.78 is 41.6. The molecule has 20 heavy (non-hydrogen) atoms. The maximum Gasteiger partial charge on any atom is 0.202 e. The molecule has 0 spiro atoms. The lowest BCUT2D eigenvalue weighted by Gasteiger charge is -2.04. The van der Waals surface area contributed by atoms with Crippen molar-refractivity contribution in [1.29, 1.82) is 0 Å². The molecule has 1 aromatic carbocycles. The minimum Gasteiger partial charge on any atom is -0.453 e. The first kappa shape index (κ1) is 13.3. The van der Waals surface area contributed by atoms with Gasteiger partial charge in [-0.2, -0.15) is 0 Å². The quantitative estimate of drug-likeness (QED) is 0.799. The van der Waals surface area contributed by atoms with Crippen LogP contribution in [0, 0.1) is 18.7 Å². The number of fused-ring (bicyclic) bond motifs is 1. The lowest BCUT2D eigenvalue weighted by molar-refractivity contribution is 0.0906. The molecular formula is C14H13FO4S. The molecular weight excluding hydrogens is 283 g/mol. The van der Waals surface area contributed by atoms with Gasteiger partial charge in [0.2, 0.25) is 5.78 Å². The van der Waals surface area contributed by atoms with Crippen LogP contribution >= 0.6 is 0 Å². The zero-order valence-corrected chi connectivity index (χ0v) is 11.7. The van der Waals surface area contributed by atoms with Gasteiger partial charge < -0.3 is 4.42 Å². The topological polar surface area (TPSA) is 64.3 Å². The summed E-state index contributed by atoms with van der Waals surface area (Å²) in [6, 6.07) is 4.05. The number of carbonyl (C=O) groups excluding carboxylic acids is 1. The molecule has 2 heterocycles. The molecule has 6 heteroatoms. The van der Waals surface area contributed by atoms with Crippen LogP contribution in [-0.2, 0) is 9.84 Å². The normalized spacial score (nSPS) is 21.4. The van der Waals surface area contributed by atoms with Gasteiger partial charge in [-0.25, -0.2) is 12.8 Å². The zero-order valence-electron chi connectivity index (χ0n) is 10.8. The molecule has 0 saturated carbocycles. The Balaban J connectivity index is 2.02. The van der Waals surface area contributed by atoms with Crippen LogP contribution < -0.4 is 0 Å². The van der Waals surface area contributed by atoms with E-state index in [2.05, 4.69) is 0 Å². The Morgan fingerprint density at radius 3 is 2.80 bits per heavy atom. The molecule has 0 bridgehead atoms. The number of Topliss-reactive ketones (excluding diaryl/α,β-unsaturated/α-hetero) is 1. The van der Waals surface area contributed by atoms with Crippen molar-refractivity contribution in [3.8, 4) is 0 Å². The number of benzene rings is 1. The van der Waals surface area contributed by atoms with E-state index in [1.54, 1.807) is 6.92 Å². The molecule has 0 N–H and O–H groups in total. The van der Waals surface area contributed by atoms with Gasteiger partial charge in [-0.3, -0.25) is 4.79 Å². The lowest BCUT2D eigenvalue weighted by atomic mass is 9.99. The van der Waals surface area contributed by atoms with Gasteiger partial charge in [-0.05, 0) is 31.5 Å². The van der Waals surface area contributed by atoms with Gasteiger partial charge in [0.15, 0.2) is 15.6 Å². The first-order valence-corrected chi connectivity index (χ1v) is 8.13. The predicted molar refractivity (Wildman–Crippen MR) is 72.0 cm³/mol. The number of rotatable bonds is 2. The highest BCUT2D eigenvalue weighted by Crippen LogP contribution is 2.30. The SMILES string of the molecule is Cc1c(C(=O)C2CCS(=O)(=O)C2)oc2ccc(F)cc12. The molecule has 1 aliphatic rings. The van der Waals surface area contributed by atoms with Crippen molar-refractivity contribution < 1.29 is 22.0 Å². The Bertz CT molecular complexity index is 804. The van der Waals surface area contributed by atoms with Gasteiger partial charge in [0.1, 0.15) is 11.4 Å². The summed E-state index contributed by atoms with van der Waals surface area (Å²) in [6.45, 7) is 1.68. The van der Waals surface area contributed by atoms with E-state index in [4.69, 9.17) is 4.42 Å². The van der Waals surface area contributed by atoms with E-state index in [-0.39, 0.29) is 23.0 Å². The van der Waals surface area contributed by atoms with Crippen LogP contribution in [0.4, 0.5) is 4.39 Å². The van der Waals surface area contributed by atoms with E-state index in [1.807, 2.05) is 0 Å². The minimum absolute atomic E-state index is 0.0390. The van der Waals surface area contributed by atoms with Crippen molar-refractivity contribution in [2.45, 2.75) is 13.3 Å². The molecule has 1 atom stereocenters. The van der Waals surface area contributed by atoms with Crippen molar-refractivity contribution >= 4 is 26.6 Å². The Hall–Kier alpha value is -1.69. The second kappa shape index (κ2) is 4.41. The fraction of sp³-hybridized carbons (Fsp3) is 0.357. The lowest BCUT2D eigenvalue weighted by Crippen LogP contribution is -2.16. The average molecular weight is 296 g/mol. The van der Waals surface area contributed by atoms with Crippen LogP contribution in [0.1, 0.15) is 22.5 Å². The van der Waals surface area contributed by atoms with Crippen molar-refractivity contribution in [2.75, 3.05) is 11.5 Å². The molecule has 1 aromatic heterocycles. The molecule has 1 unspecified atom stereocenters. The molecule has 0 aliphatic carbocycles. The molecule has 1 fully saturated rings. The summed E-state index contributed by atoms with van der Waals surface area (Å²) in [6.07, 6.45) is 0.325. The number of hydrogen-bond acceptors (Lipinski definition) is 4. The molecule has 4 nitrogen and oxygen atoms in total. The van der Waals surface area contributed by atoms with Crippen LogP contribution in [0.5, 0.6) is 0 Å². The molecule has 106 valence electrons. The second-order valence-electron chi connectivity index (χ2n) is 5.16. The number of furan rings is 1. The van der Waals surface area contributed by atoms with Gasteiger partial charge in [0.25, 0.3) is 0 Å². The third-order valence-corrected chi connectivity index (χ3v) is 5.49. The first-order chi connectivity index (χ1) is 9.37. The number of hydrogen-bond donors (Lipinski definition) is 0. The Morgan fingerprint density at radius 1 is 1.40 bits per heavy atom. The highest BCUT2D eigenvalue weighted by molar-refractivity contribution is 7.91. The van der Waals surface area contributed by atoms with Crippen LogP contribution in [0.3, 0.4) is 0 Å². The Kier molecular flexibility index (Phi) is 2.93. The fourth-order valence-corrected chi connectivity index (χ4v) is 4.36. The van der Waals surface area contributed by atoms with Gasteiger partial charge in [0.05, 0.1) is 11.5 Å². The molecule has 1 saturated heterocycles. The monoisotopic (exact) mass is 296 g/mol. The molecule has 0 amide bonds. The van der Waals surface area contributed by atoms with Crippen LogP contribution in [0.15, 0.2) is 22.6 Å². The molecule has 0 radical (unpaired) electrons. The second-order valence-corrected chi connectivity index (χ2v) is 7.39. The van der Waals surface area contributed by atoms with Crippen LogP contribution in [-0.4, -0.2) is 25.7 Å². The molecule has 1 aliphatic heterocycles. The third-order valence-electron chi connectivity index (χ3n) is 3.73. The average Bonchev–Trinajstić information content (AvgIpc) is 2.90. The highest BCUT2D eigenvalue weighted by Gasteiger charge is 2.35. The summed E-state index contributed by atoms with van der Waals surface area (Å²) in [7, 11) is -3.12. The number of aryl methyl sites for hydroxylation is 1. The van der Waals surface area contributed by atoms with Gasteiger partial charge in [-0.1, -0.05) is 0 Å². The van der Waals surface area contributed by atoms with Gasteiger partial charge in [-0.15, -0.1) is 0 Å². The van der Waals surface area contributed by atoms with Gasteiger partial charge >= 0.3 is 0 Å². The van der Waals surface area contributed by atoms with Gasteiger partial charge in [0, 0.05) is 16.9 Å². The zero-order chi connectivity index (χ0) is 14.5. The Morgan fingerprint density at radius 2 is 2.15 bits per heavy atom. The number of ketones is 1. The summed E-state index contributed by atoms with van der Waals surface area (Å²) in [5.74, 6) is -1.20.